The highest BCUT2D eigenvalue weighted by atomic mass is 35.7. The first-order valence-corrected chi connectivity index (χ1v) is 8.00. The van der Waals surface area contributed by atoms with E-state index in [1.807, 2.05) is 6.07 Å². The number of benzene rings is 2. The van der Waals surface area contributed by atoms with Crippen LogP contribution in [0, 0.1) is 0 Å². The molecule has 2 rings (SSSR count). The maximum Gasteiger partial charge on any atom is 0.435 e. The number of anilines is 1. The van der Waals surface area contributed by atoms with Crippen LogP contribution in [0.5, 0.6) is 5.75 Å². The molecule has 0 fully saturated rings. The summed E-state index contributed by atoms with van der Waals surface area (Å²) in [6.45, 7) is -3.53. The van der Waals surface area contributed by atoms with Crippen molar-refractivity contribution in [2.45, 2.75) is 0 Å². The fourth-order valence-corrected chi connectivity index (χ4v) is 2.86. The SMILES string of the molecule is O=Cc1ccc(OP(=O)(Cl)Nc2ccccc2)cc1. The predicted octanol–water partition coefficient (Wildman–Crippen LogP) is 4.34. The molecule has 0 aliphatic rings. The van der Waals surface area contributed by atoms with Gasteiger partial charge in [0.25, 0.3) is 0 Å². The Balaban J connectivity index is 2.07. The summed E-state index contributed by atoms with van der Waals surface area (Å²) in [5.74, 6) is 0.326. The highest BCUT2D eigenvalue weighted by Gasteiger charge is 2.20. The van der Waals surface area contributed by atoms with Crippen molar-refractivity contribution in [1.29, 1.82) is 0 Å². The summed E-state index contributed by atoms with van der Waals surface area (Å²) in [6, 6.07) is 15.1. The Morgan fingerprint density at radius 2 is 1.68 bits per heavy atom. The van der Waals surface area contributed by atoms with E-state index < -0.39 is 6.87 Å². The number of carbonyl (C=O) groups excluding carboxylic acids is 1. The van der Waals surface area contributed by atoms with Gasteiger partial charge in [0.1, 0.15) is 12.0 Å². The summed E-state index contributed by atoms with van der Waals surface area (Å²) >= 11 is 5.83. The van der Waals surface area contributed by atoms with Gasteiger partial charge in [0.05, 0.1) is 0 Å². The van der Waals surface area contributed by atoms with Crippen LogP contribution >= 0.6 is 18.1 Å². The minimum atomic E-state index is -3.53. The van der Waals surface area contributed by atoms with E-state index in [4.69, 9.17) is 15.8 Å². The van der Waals surface area contributed by atoms with Crippen LogP contribution in [-0.2, 0) is 4.57 Å². The van der Waals surface area contributed by atoms with Crippen LogP contribution < -0.4 is 9.61 Å². The van der Waals surface area contributed by atoms with E-state index in [1.165, 1.54) is 12.1 Å². The monoisotopic (exact) mass is 295 g/mol. The predicted molar refractivity (Wildman–Crippen MR) is 76.0 cm³/mol. The molecule has 0 aliphatic heterocycles. The Kier molecular flexibility index (Phi) is 4.25. The van der Waals surface area contributed by atoms with Gasteiger partial charge < -0.3 is 4.52 Å². The van der Waals surface area contributed by atoms with Crippen molar-refractivity contribution in [1.82, 2.24) is 0 Å². The summed E-state index contributed by atoms with van der Waals surface area (Å²) in [5.41, 5.74) is 1.11. The fourth-order valence-electron chi connectivity index (χ4n) is 1.43. The van der Waals surface area contributed by atoms with E-state index in [0.717, 1.165) is 0 Å². The molecule has 1 unspecified atom stereocenters. The number of rotatable bonds is 5. The number of aldehydes is 1. The molecule has 0 saturated heterocycles. The maximum absolute atomic E-state index is 12.1. The molecule has 98 valence electrons. The van der Waals surface area contributed by atoms with Crippen molar-refractivity contribution in [3.63, 3.8) is 0 Å². The minimum absolute atomic E-state index is 0.326. The molecular formula is C13H11ClNO3P. The number of nitrogens with one attached hydrogen (secondary N) is 1. The van der Waals surface area contributed by atoms with Gasteiger partial charge in [-0.15, -0.1) is 0 Å². The standard InChI is InChI=1S/C13H11ClNO3P/c14-19(17,15-12-4-2-1-3-5-12)18-13-8-6-11(10-16)7-9-13/h1-10H,(H,15,17). The Morgan fingerprint density at radius 3 is 2.26 bits per heavy atom. The largest absolute Gasteiger partial charge is 0.435 e. The molecule has 6 heteroatoms. The summed E-state index contributed by atoms with van der Waals surface area (Å²) in [5, 5.41) is 2.62. The van der Waals surface area contributed by atoms with Gasteiger partial charge in [0.2, 0.25) is 0 Å². The molecule has 0 heterocycles. The van der Waals surface area contributed by atoms with E-state index in [1.54, 1.807) is 36.4 Å². The number of para-hydroxylation sites is 1. The van der Waals surface area contributed by atoms with Crippen LogP contribution in [-0.4, -0.2) is 6.29 Å². The normalized spacial score (nSPS) is 13.3. The van der Waals surface area contributed by atoms with Crippen LogP contribution in [0.15, 0.2) is 54.6 Å². The van der Waals surface area contributed by atoms with E-state index in [-0.39, 0.29) is 0 Å². The molecule has 0 spiro atoms. The minimum Gasteiger partial charge on any atom is -0.418 e. The van der Waals surface area contributed by atoms with Crippen molar-refractivity contribution in [2.24, 2.45) is 0 Å². The fraction of sp³-hybridized carbons (Fsp3) is 0. The smallest absolute Gasteiger partial charge is 0.418 e. The van der Waals surface area contributed by atoms with Crippen LogP contribution in [0.4, 0.5) is 5.69 Å². The van der Waals surface area contributed by atoms with E-state index in [9.17, 15) is 9.36 Å². The molecule has 0 aromatic heterocycles. The summed E-state index contributed by atoms with van der Waals surface area (Å²) in [4.78, 5) is 10.5. The Hall–Kier alpha value is -1.77. The second-order valence-corrected chi connectivity index (χ2v) is 6.44. The second-order valence-electron chi connectivity index (χ2n) is 3.74. The average Bonchev–Trinajstić information content (AvgIpc) is 2.39. The molecule has 2 aromatic carbocycles. The zero-order valence-electron chi connectivity index (χ0n) is 9.82. The lowest BCUT2D eigenvalue weighted by Crippen LogP contribution is -1.98. The molecule has 19 heavy (non-hydrogen) atoms. The Labute approximate surface area is 115 Å². The van der Waals surface area contributed by atoms with E-state index >= 15 is 0 Å². The third-order valence-electron chi connectivity index (χ3n) is 2.28. The zero-order valence-corrected chi connectivity index (χ0v) is 11.5. The number of hydrogen-bond donors (Lipinski definition) is 1. The van der Waals surface area contributed by atoms with Gasteiger partial charge in [-0.1, -0.05) is 18.2 Å². The average molecular weight is 296 g/mol. The molecule has 1 N–H and O–H groups in total. The van der Waals surface area contributed by atoms with Gasteiger partial charge in [0, 0.05) is 22.5 Å². The van der Waals surface area contributed by atoms with Gasteiger partial charge in [0.15, 0.2) is 0 Å². The topological polar surface area (TPSA) is 55.4 Å². The third-order valence-corrected chi connectivity index (χ3v) is 3.71. The Bertz CT molecular complexity index is 601. The molecule has 2 aromatic rings. The highest BCUT2D eigenvalue weighted by Crippen LogP contribution is 2.51. The first kappa shape index (κ1) is 13.7. The van der Waals surface area contributed by atoms with Gasteiger partial charge >= 0.3 is 6.87 Å². The van der Waals surface area contributed by atoms with Gasteiger partial charge in [-0.3, -0.25) is 9.88 Å². The highest BCUT2D eigenvalue weighted by molar-refractivity contribution is 7.86. The van der Waals surface area contributed by atoms with Crippen LogP contribution in [0.25, 0.3) is 0 Å². The molecular weight excluding hydrogens is 285 g/mol. The molecule has 0 radical (unpaired) electrons. The van der Waals surface area contributed by atoms with E-state index in [2.05, 4.69) is 5.09 Å². The van der Waals surface area contributed by atoms with Gasteiger partial charge in [-0.05, 0) is 36.4 Å². The lowest BCUT2D eigenvalue weighted by Gasteiger charge is -2.14. The van der Waals surface area contributed by atoms with Crippen LogP contribution in [0.2, 0.25) is 0 Å². The van der Waals surface area contributed by atoms with Crippen molar-refractivity contribution in [2.75, 3.05) is 5.09 Å². The van der Waals surface area contributed by atoms with Crippen LogP contribution in [0.3, 0.4) is 0 Å². The Morgan fingerprint density at radius 1 is 1.05 bits per heavy atom. The van der Waals surface area contributed by atoms with Crippen molar-refractivity contribution >= 4 is 30.1 Å². The first-order chi connectivity index (χ1) is 9.09. The number of hydrogen-bond acceptors (Lipinski definition) is 3. The molecule has 0 aliphatic carbocycles. The third kappa shape index (κ3) is 4.12. The lowest BCUT2D eigenvalue weighted by molar-refractivity contribution is 0.112. The zero-order chi connectivity index (χ0) is 13.7. The second kappa shape index (κ2) is 5.91. The molecule has 4 nitrogen and oxygen atoms in total. The van der Waals surface area contributed by atoms with Gasteiger partial charge in [-0.25, -0.2) is 4.57 Å². The first-order valence-electron chi connectivity index (χ1n) is 5.47. The summed E-state index contributed by atoms with van der Waals surface area (Å²) < 4.78 is 17.3. The molecule has 0 bridgehead atoms. The number of halogens is 1. The molecule has 0 amide bonds. The quantitative estimate of drug-likeness (QED) is 0.658. The lowest BCUT2D eigenvalue weighted by atomic mass is 10.2. The van der Waals surface area contributed by atoms with Crippen molar-refractivity contribution in [3.8, 4) is 5.75 Å². The number of carbonyl (C=O) groups is 1. The molecule has 1 atom stereocenters. The van der Waals surface area contributed by atoms with Crippen LogP contribution in [0.1, 0.15) is 10.4 Å². The maximum atomic E-state index is 12.1. The van der Waals surface area contributed by atoms with Crippen molar-refractivity contribution in [3.05, 3.63) is 60.2 Å². The summed E-state index contributed by atoms with van der Waals surface area (Å²) in [6.07, 6.45) is 0.715. The van der Waals surface area contributed by atoms with E-state index in [0.29, 0.717) is 23.3 Å². The summed E-state index contributed by atoms with van der Waals surface area (Å²) in [7, 11) is 0. The van der Waals surface area contributed by atoms with Crippen molar-refractivity contribution < 1.29 is 13.9 Å². The van der Waals surface area contributed by atoms with Gasteiger partial charge in [-0.2, -0.15) is 0 Å². The molecule has 0 saturated carbocycles.